The topological polar surface area (TPSA) is 71.1 Å². The average molecular weight is 412 g/mol. The fourth-order valence-electron chi connectivity index (χ4n) is 4.04. The van der Waals surface area contributed by atoms with E-state index in [1.165, 1.54) is 44.6 Å². The smallest absolute Gasteiger partial charge is 0.343 e. The van der Waals surface area contributed by atoms with Crippen molar-refractivity contribution in [1.29, 1.82) is 0 Å². The molecule has 0 atom stereocenters. The Bertz CT molecular complexity index is 770. The first-order valence-corrected chi connectivity index (χ1v) is 10.2. The zero-order valence-corrected chi connectivity index (χ0v) is 17.5. The predicted molar refractivity (Wildman–Crippen MR) is 112 cm³/mol. The van der Waals surface area contributed by atoms with E-state index in [-0.39, 0.29) is 18.6 Å². The van der Waals surface area contributed by atoms with Crippen LogP contribution in [0.1, 0.15) is 43.2 Å². The largest absolute Gasteiger partial charge is 0.482 e. The minimum atomic E-state index is -0.405. The maximum absolute atomic E-state index is 11.3. The van der Waals surface area contributed by atoms with Gasteiger partial charge in [0.15, 0.2) is 13.2 Å². The number of esters is 2. The zero-order chi connectivity index (χ0) is 21.4. The van der Waals surface area contributed by atoms with E-state index in [9.17, 15) is 9.59 Å². The number of rotatable bonds is 8. The number of carbonyl (C=O) groups is 2. The monoisotopic (exact) mass is 412 g/mol. The van der Waals surface area contributed by atoms with Crippen LogP contribution in [0.2, 0.25) is 0 Å². The van der Waals surface area contributed by atoms with Crippen LogP contribution in [0.4, 0.5) is 0 Å². The summed E-state index contributed by atoms with van der Waals surface area (Å²) >= 11 is 0. The molecule has 0 unspecified atom stereocenters. The van der Waals surface area contributed by atoms with E-state index in [1.807, 2.05) is 24.3 Å². The average Bonchev–Trinajstić information content (AvgIpc) is 2.82. The highest BCUT2D eigenvalue weighted by molar-refractivity contribution is 5.71. The molecule has 1 saturated carbocycles. The molecule has 0 saturated heterocycles. The van der Waals surface area contributed by atoms with Gasteiger partial charge in [-0.05, 0) is 48.2 Å². The normalized spacial score (nSPS) is 15.1. The number of ether oxygens (including phenoxy) is 4. The van der Waals surface area contributed by atoms with Crippen LogP contribution in [0.25, 0.3) is 0 Å². The number of hydrogen-bond donors (Lipinski definition) is 0. The SMILES string of the molecule is COC(=O)COc1ccc(C2(c3ccc(OCC(=O)OC)cc3)CCCCC2)cc1. The van der Waals surface area contributed by atoms with Gasteiger partial charge in [0.2, 0.25) is 0 Å². The molecule has 2 aromatic rings. The molecular weight excluding hydrogens is 384 g/mol. The Kier molecular flexibility index (Phi) is 7.33. The van der Waals surface area contributed by atoms with Crippen LogP contribution in [-0.4, -0.2) is 39.4 Å². The van der Waals surface area contributed by atoms with Gasteiger partial charge in [0.05, 0.1) is 14.2 Å². The highest BCUT2D eigenvalue weighted by atomic mass is 16.6. The van der Waals surface area contributed by atoms with Crippen molar-refractivity contribution in [2.24, 2.45) is 0 Å². The van der Waals surface area contributed by atoms with Gasteiger partial charge in [-0.3, -0.25) is 0 Å². The first-order valence-electron chi connectivity index (χ1n) is 10.2. The minimum absolute atomic E-state index is 0.0694. The second kappa shape index (κ2) is 10.1. The maximum Gasteiger partial charge on any atom is 0.343 e. The van der Waals surface area contributed by atoms with Gasteiger partial charge in [-0.15, -0.1) is 0 Å². The molecule has 6 heteroatoms. The molecule has 0 spiro atoms. The predicted octanol–water partition coefficient (Wildman–Crippen LogP) is 4.04. The Labute approximate surface area is 177 Å². The first-order chi connectivity index (χ1) is 14.6. The van der Waals surface area contributed by atoms with Crippen LogP contribution in [-0.2, 0) is 24.5 Å². The van der Waals surface area contributed by atoms with Crippen molar-refractivity contribution >= 4 is 11.9 Å². The van der Waals surface area contributed by atoms with Gasteiger partial charge in [-0.2, -0.15) is 0 Å². The summed E-state index contributed by atoms with van der Waals surface area (Å²) in [7, 11) is 2.68. The fourth-order valence-corrected chi connectivity index (χ4v) is 4.04. The summed E-state index contributed by atoms with van der Waals surface area (Å²) in [5, 5.41) is 0. The Morgan fingerprint density at radius 2 is 1.10 bits per heavy atom. The van der Waals surface area contributed by atoms with Crippen LogP contribution >= 0.6 is 0 Å². The highest BCUT2D eigenvalue weighted by Gasteiger charge is 2.35. The summed E-state index contributed by atoms with van der Waals surface area (Å²) in [4.78, 5) is 22.6. The quantitative estimate of drug-likeness (QED) is 0.610. The molecule has 3 rings (SSSR count). The zero-order valence-electron chi connectivity index (χ0n) is 17.5. The minimum Gasteiger partial charge on any atom is -0.482 e. The van der Waals surface area contributed by atoms with E-state index in [1.54, 1.807) is 0 Å². The summed E-state index contributed by atoms with van der Waals surface area (Å²) < 4.78 is 20.2. The molecule has 0 aliphatic heterocycles. The van der Waals surface area contributed by atoms with E-state index >= 15 is 0 Å². The third-order valence-electron chi connectivity index (χ3n) is 5.69. The summed E-state index contributed by atoms with van der Waals surface area (Å²) in [5.41, 5.74) is 2.40. The molecule has 2 aromatic carbocycles. The number of benzene rings is 2. The van der Waals surface area contributed by atoms with Crippen LogP contribution in [0.5, 0.6) is 11.5 Å². The van der Waals surface area contributed by atoms with Crippen LogP contribution in [0.15, 0.2) is 48.5 Å². The lowest BCUT2D eigenvalue weighted by Gasteiger charge is -2.38. The fraction of sp³-hybridized carbons (Fsp3) is 0.417. The van der Waals surface area contributed by atoms with E-state index in [0.717, 1.165) is 12.8 Å². The Morgan fingerprint density at radius 3 is 1.47 bits per heavy atom. The van der Waals surface area contributed by atoms with Crippen molar-refractivity contribution in [1.82, 2.24) is 0 Å². The van der Waals surface area contributed by atoms with Gasteiger partial charge in [-0.1, -0.05) is 43.5 Å². The second-order valence-corrected chi connectivity index (χ2v) is 7.42. The summed E-state index contributed by atoms with van der Waals surface area (Å²) in [5.74, 6) is 0.470. The van der Waals surface area contributed by atoms with Crippen molar-refractivity contribution in [3.8, 4) is 11.5 Å². The number of methoxy groups -OCH3 is 2. The molecule has 1 aliphatic carbocycles. The van der Waals surface area contributed by atoms with Gasteiger partial charge in [-0.25, -0.2) is 9.59 Å². The van der Waals surface area contributed by atoms with Gasteiger partial charge >= 0.3 is 11.9 Å². The van der Waals surface area contributed by atoms with Crippen LogP contribution in [0.3, 0.4) is 0 Å². The van der Waals surface area contributed by atoms with E-state index in [4.69, 9.17) is 9.47 Å². The molecular formula is C24H28O6. The van der Waals surface area contributed by atoms with Gasteiger partial charge in [0, 0.05) is 5.41 Å². The molecule has 30 heavy (non-hydrogen) atoms. The summed E-state index contributed by atoms with van der Waals surface area (Å²) in [6.45, 7) is -0.206. The molecule has 0 bridgehead atoms. The molecule has 0 amide bonds. The lowest BCUT2D eigenvalue weighted by atomic mass is 9.65. The molecule has 0 radical (unpaired) electrons. The van der Waals surface area contributed by atoms with Crippen molar-refractivity contribution in [2.75, 3.05) is 27.4 Å². The van der Waals surface area contributed by atoms with Crippen molar-refractivity contribution < 1.29 is 28.5 Å². The Hall–Kier alpha value is -3.02. The Morgan fingerprint density at radius 1 is 0.700 bits per heavy atom. The number of hydrogen-bond acceptors (Lipinski definition) is 6. The third kappa shape index (κ3) is 5.12. The number of carbonyl (C=O) groups excluding carboxylic acids is 2. The lowest BCUT2D eigenvalue weighted by Crippen LogP contribution is -2.30. The highest BCUT2D eigenvalue weighted by Crippen LogP contribution is 2.45. The van der Waals surface area contributed by atoms with Gasteiger partial charge < -0.3 is 18.9 Å². The lowest BCUT2D eigenvalue weighted by molar-refractivity contribution is -0.143. The van der Waals surface area contributed by atoms with E-state index < -0.39 is 11.9 Å². The molecule has 0 aromatic heterocycles. The maximum atomic E-state index is 11.3. The van der Waals surface area contributed by atoms with Gasteiger partial charge in [0.1, 0.15) is 11.5 Å². The third-order valence-corrected chi connectivity index (χ3v) is 5.69. The van der Waals surface area contributed by atoms with Crippen molar-refractivity contribution in [2.45, 2.75) is 37.5 Å². The van der Waals surface area contributed by atoms with Crippen molar-refractivity contribution in [3.05, 3.63) is 59.7 Å². The molecule has 6 nitrogen and oxygen atoms in total. The molecule has 0 heterocycles. The summed E-state index contributed by atoms with van der Waals surface area (Å²) in [6, 6.07) is 16.0. The standard InChI is InChI=1S/C24H28O6/c1-27-22(25)16-29-20-10-6-18(7-11-20)24(14-4-3-5-15-24)19-8-12-21(13-9-19)30-17-23(26)28-2/h6-13H,3-5,14-17H2,1-2H3. The molecule has 160 valence electrons. The van der Waals surface area contributed by atoms with Crippen molar-refractivity contribution in [3.63, 3.8) is 0 Å². The van der Waals surface area contributed by atoms with E-state index in [0.29, 0.717) is 11.5 Å². The van der Waals surface area contributed by atoms with E-state index in [2.05, 4.69) is 33.7 Å². The molecule has 0 N–H and O–H groups in total. The molecule has 1 fully saturated rings. The van der Waals surface area contributed by atoms with Crippen LogP contribution < -0.4 is 9.47 Å². The van der Waals surface area contributed by atoms with Gasteiger partial charge in [0.25, 0.3) is 0 Å². The Balaban J connectivity index is 1.79. The second-order valence-electron chi connectivity index (χ2n) is 7.42. The first kappa shape index (κ1) is 21.7. The van der Waals surface area contributed by atoms with Crippen LogP contribution in [0, 0.1) is 0 Å². The molecule has 1 aliphatic rings. The summed E-state index contributed by atoms with van der Waals surface area (Å²) in [6.07, 6.45) is 5.71.